The number of para-hydroxylation sites is 1. The van der Waals surface area contributed by atoms with Gasteiger partial charge in [-0.25, -0.2) is 9.59 Å². The van der Waals surface area contributed by atoms with Crippen LogP contribution in [-0.2, 0) is 16.2 Å². The van der Waals surface area contributed by atoms with Gasteiger partial charge in [0, 0.05) is 5.56 Å². The van der Waals surface area contributed by atoms with Gasteiger partial charge in [0.2, 0.25) is 0 Å². The summed E-state index contributed by atoms with van der Waals surface area (Å²) in [5.41, 5.74) is 3.40. The van der Waals surface area contributed by atoms with E-state index in [9.17, 15) is 9.59 Å². The first kappa shape index (κ1) is 29.1. The predicted molar refractivity (Wildman–Crippen MR) is 151 cm³/mol. The Morgan fingerprint density at radius 3 is 2.16 bits per heavy atom. The molecular weight excluding hydrogens is 476 g/mol. The van der Waals surface area contributed by atoms with E-state index in [0.29, 0.717) is 29.9 Å². The van der Waals surface area contributed by atoms with Crippen molar-refractivity contribution in [3.63, 3.8) is 0 Å². The molecule has 3 aromatic rings. The molecule has 3 rings (SSSR count). The Morgan fingerprint density at radius 1 is 0.684 bits per heavy atom. The highest BCUT2D eigenvalue weighted by Gasteiger charge is 2.19. The zero-order valence-electron chi connectivity index (χ0n) is 22.7. The molecule has 0 radical (unpaired) electrons. The smallest absolute Gasteiger partial charge is 0.373 e. The molecule has 0 aliphatic rings. The summed E-state index contributed by atoms with van der Waals surface area (Å²) in [6, 6.07) is 22.3. The summed E-state index contributed by atoms with van der Waals surface area (Å²) in [6.07, 6.45) is 10.4. The fourth-order valence-corrected chi connectivity index (χ4v) is 4.34. The zero-order chi connectivity index (χ0) is 27.0. The molecule has 0 fully saturated rings. The van der Waals surface area contributed by atoms with Crippen LogP contribution in [0.5, 0.6) is 5.75 Å². The van der Waals surface area contributed by atoms with Crippen molar-refractivity contribution in [2.45, 2.75) is 78.1 Å². The summed E-state index contributed by atoms with van der Waals surface area (Å²) in [4.78, 5) is 36.1. The molecule has 0 aliphatic carbocycles. The molecule has 5 heteroatoms. The first-order chi connectivity index (χ1) is 18.6. The lowest BCUT2D eigenvalue weighted by Gasteiger charge is -2.13. The number of rotatable bonds is 16. The molecule has 38 heavy (non-hydrogen) atoms. The number of esters is 1. The molecule has 0 spiro atoms. The highest BCUT2D eigenvalue weighted by atomic mass is 17.2. The molecular formula is C33H40O5. The summed E-state index contributed by atoms with van der Waals surface area (Å²) >= 11 is 0. The van der Waals surface area contributed by atoms with E-state index in [4.69, 9.17) is 14.5 Å². The average Bonchev–Trinajstić information content (AvgIpc) is 2.95. The highest BCUT2D eigenvalue weighted by molar-refractivity contribution is 5.96. The van der Waals surface area contributed by atoms with Crippen LogP contribution < -0.4 is 4.74 Å². The molecule has 5 nitrogen and oxygen atoms in total. The molecule has 0 N–H and O–H groups in total. The van der Waals surface area contributed by atoms with Crippen molar-refractivity contribution in [3.05, 3.63) is 89.5 Å². The highest BCUT2D eigenvalue weighted by Crippen LogP contribution is 2.30. The number of carbonyl (C=O) groups excluding carboxylic acids is 2. The second kappa shape index (κ2) is 16.4. The van der Waals surface area contributed by atoms with Crippen molar-refractivity contribution >= 4 is 11.9 Å². The van der Waals surface area contributed by atoms with Crippen molar-refractivity contribution in [3.8, 4) is 16.9 Å². The quantitative estimate of drug-likeness (QED) is 0.0626. The zero-order valence-corrected chi connectivity index (χ0v) is 22.7. The largest absolute Gasteiger partial charge is 0.422 e. The van der Waals surface area contributed by atoms with Crippen LogP contribution in [-0.4, -0.2) is 18.5 Å². The van der Waals surface area contributed by atoms with Crippen LogP contribution in [0.3, 0.4) is 0 Å². The van der Waals surface area contributed by atoms with E-state index in [-0.39, 0.29) is 0 Å². The van der Waals surface area contributed by atoms with Crippen LogP contribution in [0.1, 0.15) is 97.9 Å². The topological polar surface area (TPSA) is 61.8 Å². The normalized spacial score (nSPS) is 10.8. The number of hydrogen-bond donors (Lipinski definition) is 0. The molecule has 0 amide bonds. The van der Waals surface area contributed by atoms with E-state index < -0.39 is 11.9 Å². The molecule has 0 heterocycles. The van der Waals surface area contributed by atoms with Crippen molar-refractivity contribution in [2.24, 2.45) is 0 Å². The van der Waals surface area contributed by atoms with Crippen LogP contribution in [0.2, 0.25) is 0 Å². The Balaban J connectivity index is 1.68. The lowest BCUT2D eigenvalue weighted by Crippen LogP contribution is -2.14. The first-order valence-corrected chi connectivity index (χ1v) is 14.0. The molecule has 0 saturated heterocycles. The summed E-state index contributed by atoms with van der Waals surface area (Å²) in [5.74, 6) is -0.504. The van der Waals surface area contributed by atoms with Gasteiger partial charge in [-0.05, 0) is 54.7 Å². The minimum Gasteiger partial charge on any atom is -0.422 e. The van der Waals surface area contributed by atoms with Crippen LogP contribution in [0, 0.1) is 0 Å². The van der Waals surface area contributed by atoms with Gasteiger partial charge in [-0.3, -0.25) is 4.89 Å². The summed E-state index contributed by atoms with van der Waals surface area (Å²) < 4.78 is 5.88. The van der Waals surface area contributed by atoms with Gasteiger partial charge in [0.05, 0.1) is 17.7 Å². The van der Waals surface area contributed by atoms with Gasteiger partial charge < -0.3 is 4.74 Å². The second-order valence-corrected chi connectivity index (χ2v) is 9.54. The maximum Gasteiger partial charge on any atom is 0.373 e. The van der Waals surface area contributed by atoms with Crippen molar-refractivity contribution in [1.29, 1.82) is 0 Å². The summed E-state index contributed by atoms with van der Waals surface area (Å²) in [6.45, 7) is 4.70. The number of unbranched alkanes of at least 4 members (excludes halogenated alkanes) is 7. The molecule has 0 atom stereocenters. The monoisotopic (exact) mass is 516 g/mol. The third-order valence-electron chi connectivity index (χ3n) is 6.50. The molecule has 0 bridgehead atoms. The third kappa shape index (κ3) is 9.14. The van der Waals surface area contributed by atoms with Gasteiger partial charge in [-0.15, -0.1) is 0 Å². The van der Waals surface area contributed by atoms with E-state index in [1.54, 1.807) is 24.3 Å². The number of ether oxygens (including phenoxy) is 1. The Hall–Kier alpha value is -3.44. The Kier molecular flexibility index (Phi) is 12.6. The van der Waals surface area contributed by atoms with Gasteiger partial charge in [0.25, 0.3) is 0 Å². The van der Waals surface area contributed by atoms with Gasteiger partial charge in [-0.1, -0.05) is 107 Å². The van der Waals surface area contributed by atoms with Gasteiger partial charge in [0.1, 0.15) is 5.75 Å². The predicted octanol–water partition coefficient (Wildman–Crippen LogP) is 8.75. The van der Waals surface area contributed by atoms with Gasteiger partial charge >= 0.3 is 11.9 Å². The average molecular weight is 517 g/mol. The van der Waals surface area contributed by atoms with E-state index in [2.05, 4.69) is 13.8 Å². The lowest BCUT2D eigenvalue weighted by atomic mass is 9.98. The molecule has 3 aromatic carbocycles. The van der Waals surface area contributed by atoms with Crippen molar-refractivity contribution in [2.75, 3.05) is 6.61 Å². The molecule has 0 unspecified atom stereocenters. The number of aryl methyl sites for hydroxylation is 1. The Labute approximate surface area is 227 Å². The molecule has 0 aliphatic heterocycles. The SMILES string of the molecule is CCCCCCCCOOC(=O)c1ccc(C(=O)Oc2ccccc2-c2ccccc2)c(CCCCC)c1. The Bertz CT molecular complexity index is 1140. The molecule has 0 saturated carbocycles. The van der Waals surface area contributed by atoms with Gasteiger partial charge in [0.15, 0.2) is 0 Å². The number of carbonyl (C=O) groups is 2. The Morgan fingerprint density at radius 2 is 1.37 bits per heavy atom. The minimum absolute atomic E-state index is 0.362. The van der Waals surface area contributed by atoms with E-state index in [1.165, 1.54) is 25.7 Å². The van der Waals surface area contributed by atoms with Crippen LogP contribution in [0.15, 0.2) is 72.8 Å². The lowest BCUT2D eigenvalue weighted by molar-refractivity contribution is -0.241. The van der Waals surface area contributed by atoms with Crippen LogP contribution >= 0.6 is 0 Å². The molecule has 202 valence electrons. The first-order valence-electron chi connectivity index (χ1n) is 14.0. The third-order valence-corrected chi connectivity index (χ3v) is 6.50. The van der Waals surface area contributed by atoms with Crippen molar-refractivity contribution in [1.82, 2.24) is 0 Å². The number of hydrogen-bond acceptors (Lipinski definition) is 5. The minimum atomic E-state index is -0.554. The maximum absolute atomic E-state index is 13.3. The standard InChI is InChI=1S/C33H40O5/c1-3-5-7-8-9-16-24-36-38-32(34)28-22-23-30(27(25-28)19-11-6-4-2)33(35)37-31-21-15-14-20-29(31)26-17-12-10-13-18-26/h10,12-15,17-18,20-23,25H,3-9,11,16,19,24H2,1-2H3. The second-order valence-electron chi connectivity index (χ2n) is 9.54. The fourth-order valence-electron chi connectivity index (χ4n) is 4.34. The summed E-state index contributed by atoms with van der Waals surface area (Å²) in [5, 5.41) is 0. The maximum atomic E-state index is 13.3. The van der Waals surface area contributed by atoms with E-state index in [0.717, 1.165) is 48.8 Å². The fraction of sp³-hybridized carbons (Fsp3) is 0.394. The van der Waals surface area contributed by atoms with E-state index in [1.807, 2.05) is 48.5 Å². The van der Waals surface area contributed by atoms with E-state index >= 15 is 0 Å². The summed E-state index contributed by atoms with van der Waals surface area (Å²) in [7, 11) is 0. The van der Waals surface area contributed by atoms with Gasteiger partial charge in [-0.2, -0.15) is 4.89 Å². The van der Waals surface area contributed by atoms with Crippen LogP contribution in [0.4, 0.5) is 0 Å². The molecule has 0 aromatic heterocycles. The van der Waals surface area contributed by atoms with Crippen molar-refractivity contribution < 1.29 is 24.1 Å². The van der Waals surface area contributed by atoms with Crippen LogP contribution in [0.25, 0.3) is 11.1 Å². The number of benzene rings is 3.